The maximum atomic E-state index is 13.5. The highest BCUT2D eigenvalue weighted by atomic mass is 127. The first-order chi connectivity index (χ1) is 14.1. The van der Waals surface area contributed by atoms with E-state index in [1.807, 2.05) is 53.4 Å². The third-order valence-corrected chi connectivity index (χ3v) is 7.03. The molecule has 1 N–H and O–H groups in total. The molecule has 5 rings (SSSR count). The Balaban J connectivity index is 1.54. The molecule has 1 saturated heterocycles. The van der Waals surface area contributed by atoms with E-state index in [2.05, 4.69) is 34.7 Å². The second kappa shape index (κ2) is 7.23. The van der Waals surface area contributed by atoms with Crippen molar-refractivity contribution in [2.24, 2.45) is 0 Å². The highest BCUT2D eigenvalue weighted by Gasteiger charge is 2.39. The molecule has 1 atom stereocenters. The quantitative estimate of drug-likeness (QED) is 0.304. The number of anilines is 2. The molecule has 2 aromatic rings. The molecule has 3 aliphatic heterocycles. The molecule has 0 radical (unpaired) electrons. The SMILES string of the molecule is O=C1Nc2ccccc2/C1=C1\C(=O)N(CC[N+]2(I)[CH-]COCC2)c2ccccc21. The van der Waals surface area contributed by atoms with Crippen LogP contribution in [0.4, 0.5) is 11.4 Å². The first-order valence-corrected chi connectivity index (χ1v) is 10.6. The van der Waals surface area contributed by atoms with Crippen LogP contribution in [0, 0.1) is 6.54 Å². The smallest absolute Gasteiger partial charge is 0.260 e. The number of hydrogen-bond acceptors (Lipinski definition) is 3. The van der Waals surface area contributed by atoms with Crippen LogP contribution in [0.5, 0.6) is 0 Å². The van der Waals surface area contributed by atoms with Gasteiger partial charge in [-0.15, -0.1) is 6.54 Å². The van der Waals surface area contributed by atoms with Gasteiger partial charge in [0.25, 0.3) is 11.8 Å². The van der Waals surface area contributed by atoms with Crippen LogP contribution in [0.25, 0.3) is 11.1 Å². The number of fused-ring (bicyclic) bond motifs is 2. The molecule has 148 valence electrons. The zero-order valence-electron chi connectivity index (χ0n) is 15.7. The molecule has 2 aromatic carbocycles. The van der Waals surface area contributed by atoms with Gasteiger partial charge in [0.05, 0.1) is 43.1 Å². The Morgan fingerprint density at radius 2 is 1.83 bits per heavy atom. The fourth-order valence-corrected chi connectivity index (χ4v) is 4.73. The van der Waals surface area contributed by atoms with Crippen molar-refractivity contribution in [3.05, 3.63) is 66.2 Å². The molecule has 6 nitrogen and oxygen atoms in total. The zero-order chi connectivity index (χ0) is 20.0. The van der Waals surface area contributed by atoms with E-state index in [1.54, 1.807) is 0 Å². The van der Waals surface area contributed by atoms with Gasteiger partial charge in [-0.05, 0) is 18.7 Å². The van der Waals surface area contributed by atoms with Gasteiger partial charge in [-0.3, -0.25) is 9.59 Å². The van der Waals surface area contributed by atoms with E-state index in [1.165, 1.54) is 0 Å². The Morgan fingerprint density at radius 1 is 1.07 bits per heavy atom. The summed E-state index contributed by atoms with van der Waals surface area (Å²) in [6.07, 6.45) is 0. The fraction of sp³-hybridized carbons (Fsp3) is 0.227. The molecule has 0 aliphatic carbocycles. The number of quaternary nitrogens is 1. The second-order valence-electron chi connectivity index (χ2n) is 7.35. The van der Waals surface area contributed by atoms with Gasteiger partial charge in [0, 0.05) is 16.8 Å². The number of ether oxygens (including phenoxy) is 1. The minimum absolute atomic E-state index is 0.107. The Hall–Kier alpha value is -2.23. The predicted molar refractivity (Wildman–Crippen MR) is 120 cm³/mol. The van der Waals surface area contributed by atoms with Crippen LogP contribution < -0.4 is 10.2 Å². The van der Waals surface area contributed by atoms with E-state index in [-0.39, 0.29) is 11.8 Å². The molecule has 7 heteroatoms. The van der Waals surface area contributed by atoms with Crippen LogP contribution >= 0.6 is 22.9 Å². The third kappa shape index (κ3) is 3.17. The Morgan fingerprint density at radius 3 is 2.62 bits per heavy atom. The maximum absolute atomic E-state index is 13.5. The van der Waals surface area contributed by atoms with Gasteiger partial charge >= 0.3 is 0 Å². The van der Waals surface area contributed by atoms with E-state index >= 15 is 0 Å². The highest BCUT2D eigenvalue weighted by molar-refractivity contribution is 14.1. The van der Waals surface area contributed by atoms with Crippen molar-refractivity contribution in [3.8, 4) is 0 Å². The number of carbonyl (C=O) groups is 2. The van der Waals surface area contributed by atoms with Crippen molar-refractivity contribution < 1.29 is 17.0 Å². The Labute approximate surface area is 183 Å². The van der Waals surface area contributed by atoms with Crippen molar-refractivity contribution in [2.45, 2.75) is 0 Å². The lowest BCUT2D eigenvalue weighted by atomic mass is 9.96. The summed E-state index contributed by atoms with van der Waals surface area (Å²) in [4.78, 5) is 28.1. The van der Waals surface area contributed by atoms with E-state index < -0.39 is 0 Å². The lowest BCUT2D eigenvalue weighted by molar-refractivity contribution is -0.730. The average Bonchev–Trinajstić information content (AvgIpc) is 3.19. The van der Waals surface area contributed by atoms with Crippen LogP contribution in [0.2, 0.25) is 0 Å². The summed E-state index contributed by atoms with van der Waals surface area (Å²) in [5.41, 5.74) is 4.20. The van der Waals surface area contributed by atoms with Crippen LogP contribution in [-0.2, 0) is 14.3 Å². The molecule has 2 amide bonds. The summed E-state index contributed by atoms with van der Waals surface area (Å²) in [5, 5.41) is 2.89. The van der Waals surface area contributed by atoms with Crippen molar-refractivity contribution in [2.75, 3.05) is 43.1 Å². The first-order valence-electron chi connectivity index (χ1n) is 9.62. The fourth-order valence-electron chi connectivity index (χ4n) is 4.16. The monoisotopic (exact) mass is 501 g/mol. The van der Waals surface area contributed by atoms with Gasteiger partial charge in [0.15, 0.2) is 0 Å². The van der Waals surface area contributed by atoms with Gasteiger partial charge in [0.2, 0.25) is 22.9 Å². The minimum Gasteiger partial charge on any atom is -0.402 e. The van der Waals surface area contributed by atoms with Crippen molar-refractivity contribution >= 4 is 57.2 Å². The number of amides is 2. The summed E-state index contributed by atoms with van der Waals surface area (Å²) < 4.78 is 6.17. The predicted octanol–water partition coefficient (Wildman–Crippen LogP) is 3.25. The number of nitrogens with zero attached hydrogens (tertiary/aromatic N) is 2. The molecular formula is C22H20IN3O3. The Kier molecular flexibility index (Phi) is 4.68. The number of hydrogen-bond donors (Lipinski definition) is 1. The number of nitrogens with one attached hydrogen (secondary N) is 1. The second-order valence-corrected chi connectivity index (χ2v) is 9.28. The molecule has 0 saturated carbocycles. The molecule has 29 heavy (non-hydrogen) atoms. The van der Waals surface area contributed by atoms with Gasteiger partial charge in [-0.2, -0.15) is 0 Å². The van der Waals surface area contributed by atoms with Crippen LogP contribution in [0.1, 0.15) is 11.1 Å². The molecule has 0 bridgehead atoms. The van der Waals surface area contributed by atoms with Crippen LogP contribution in [-0.4, -0.2) is 47.4 Å². The van der Waals surface area contributed by atoms with Crippen molar-refractivity contribution in [1.82, 2.24) is 0 Å². The van der Waals surface area contributed by atoms with Gasteiger partial charge in [-0.1, -0.05) is 36.4 Å². The van der Waals surface area contributed by atoms with E-state index in [0.717, 1.165) is 44.9 Å². The molecule has 1 fully saturated rings. The van der Waals surface area contributed by atoms with Gasteiger partial charge in [0.1, 0.15) is 0 Å². The highest BCUT2D eigenvalue weighted by Crippen LogP contribution is 2.44. The van der Waals surface area contributed by atoms with E-state index in [4.69, 9.17) is 4.74 Å². The normalized spacial score (nSPS) is 25.8. The van der Waals surface area contributed by atoms with E-state index in [0.29, 0.717) is 24.3 Å². The number of morpholine rings is 1. The summed E-state index contributed by atoms with van der Waals surface area (Å²) in [7, 11) is 0. The summed E-state index contributed by atoms with van der Waals surface area (Å²) in [6, 6.07) is 15.3. The first kappa shape index (κ1) is 18.8. The number of carbonyl (C=O) groups excluding carboxylic acids is 2. The standard InChI is InChI=1S/C22H20IN3O3/c23-26(11-13-29-14-12-26)10-9-25-18-8-4-2-6-16(18)20(22(25)28)19-15-5-1-3-7-17(15)24-21(19)27/h1-8,11H,9-10,12-14H2,(H,24,27)/b20-19+. The summed E-state index contributed by atoms with van der Waals surface area (Å²) >= 11 is 2.42. The molecule has 3 aliphatic rings. The largest absolute Gasteiger partial charge is 0.402 e. The minimum atomic E-state index is -0.217. The molecular weight excluding hydrogens is 481 g/mol. The summed E-state index contributed by atoms with van der Waals surface area (Å²) in [5.74, 6) is -0.325. The number of para-hydroxylation sites is 2. The molecule has 3 heterocycles. The topological polar surface area (TPSA) is 58.6 Å². The molecule has 1 unspecified atom stereocenters. The lowest BCUT2D eigenvalue weighted by Gasteiger charge is -2.44. The van der Waals surface area contributed by atoms with Gasteiger partial charge in [-0.25, -0.2) is 0 Å². The Bertz CT molecular complexity index is 1040. The van der Waals surface area contributed by atoms with Gasteiger partial charge < -0.3 is 17.6 Å². The average molecular weight is 501 g/mol. The maximum Gasteiger partial charge on any atom is 0.260 e. The lowest BCUT2D eigenvalue weighted by Crippen LogP contribution is -2.47. The van der Waals surface area contributed by atoms with Crippen molar-refractivity contribution in [3.63, 3.8) is 0 Å². The molecule has 0 aromatic heterocycles. The molecule has 0 spiro atoms. The number of benzene rings is 2. The van der Waals surface area contributed by atoms with Crippen LogP contribution in [0.3, 0.4) is 0 Å². The van der Waals surface area contributed by atoms with Crippen molar-refractivity contribution in [1.29, 1.82) is 0 Å². The van der Waals surface area contributed by atoms with E-state index in [9.17, 15) is 9.59 Å². The zero-order valence-corrected chi connectivity index (χ0v) is 17.9. The third-order valence-electron chi connectivity index (χ3n) is 5.67. The van der Waals surface area contributed by atoms with Crippen LogP contribution in [0.15, 0.2) is 48.5 Å². The summed E-state index contributed by atoms with van der Waals surface area (Å²) in [6.45, 7) is 5.73. The number of halogens is 1. The number of rotatable bonds is 3.